The fourth-order valence-corrected chi connectivity index (χ4v) is 2.19. The van der Waals surface area contributed by atoms with E-state index in [1.807, 2.05) is 18.2 Å². The second kappa shape index (κ2) is 6.26. The normalized spacial score (nSPS) is 20.0. The van der Waals surface area contributed by atoms with Crippen molar-refractivity contribution in [3.8, 4) is 0 Å². The van der Waals surface area contributed by atoms with Gasteiger partial charge in [0.05, 0.1) is 12.6 Å². The number of rotatable bonds is 5. The summed E-state index contributed by atoms with van der Waals surface area (Å²) in [4.78, 5) is 2.27. The highest BCUT2D eigenvalue weighted by Gasteiger charge is 2.23. The lowest BCUT2D eigenvalue weighted by atomic mass is 10.1. The summed E-state index contributed by atoms with van der Waals surface area (Å²) in [5, 5.41) is 11.6. The summed E-state index contributed by atoms with van der Waals surface area (Å²) in [6, 6.07) is 10.5. The van der Waals surface area contributed by atoms with Crippen LogP contribution < -0.4 is 10.6 Å². The molecule has 2 rings (SSSR count). The Morgan fingerprint density at radius 2 is 2.22 bits per heavy atom. The minimum atomic E-state index is 0.259. The molecule has 5 nitrogen and oxygen atoms in total. The molecule has 98 valence electrons. The number of ether oxygens (including phenoxy) is 1. The Morgan fingerprint density at radius 1 is 1.44 bits per heavy atom. The molecule has 0 spiro atoms. The summed E-state index contributed by atoms with van der Waals surface area (Å²) in [6.07, 6.45) is 1.56. The van der Waals surface area contributed by atoms with Crippen LogP contribution >= 0.6 is 0 Å². The van der Waals surface area contributed by atoms with Gasteiger partial charge >= 0.3 is 0 Å². The van der Waals surface area contributed by atoms with E-state index in [0.717, 1.165) is 31.9 Å². The Labute approximate surface area is 107 Å². The van der Waals surface area contributed by atoms with E-state index >= 15 is 0 Å². The molecule has 1 fully saturated rings. The van der Waals surface area contributed by atoms with E-state index in [-0.39, 0.29) is 5.84 Å². The number of hydrogen-bond donors (Lipinski definition) is 2. The molecule has 5 heteroatoms. The third-order valence-corrected chi connectivity index (χ3v) is 3.17. The van der Waals surface area contributed by atoms with Gasteiger partial charge in [-0.3, -0.25) is 0 Å². The molecule has 1 aromatic rings. The zero-order chi connectivity index (χ0) is 12.8. The summed E-state index contributed by atoms with van der Waals surface area (Å²) in [5.41, 5.74) is 6.69. The molecule has 1 aliphatic heterocycles. The van der Waals surface area contributed by atoms with Crippen molar-refractivity contribution in [1.82, 2.24) is 0 Å². The smallest absolute Gasteiger partial charge is 0.140 e. The van der Waals surface area contributed by atoms with E-state index in [2.05, 4.69) is 22.2 Å². The van der Waals surface area contributed by atoms with Crippen molar-refractivity contribution in [2.45, 2.75) is 18.9 Å². The largest absolute Gasteiger partial charge is 0.409 e. The molecule has 0 aliphatic carbocycles. The van der Waals surface area contributed by atoms with Crippen LogP contribution in [0.5, 0.6) is 0 Å². The summed E-state index contributed by atoms with van der Waals surface area (Å²) >= 11 is 0. The minimum absolute atomic E-state index is 0.259. The molecule has 18 heavy (non-hydrogen) atoms. The Hall–Kier alpha value is -1.75. The molecule has 1 atom stereocenters. The van der Waals surface area contributed by atoms with E-state index in [1.54, 1.807) is 0 Å². The van der Waals surface area contributed by atoms with Crippen LogP contribution in [0.4, 0.5) is 5.69 Å². The number of nitrogens with two attached hydrogens (primary N) is 1. The fourth-order valence-electron chi connectivity index (χ4n) is 2.19. The van der Waals surface area contributed by atoms with Gasteiger partial charge in [0.25, 0.3) is 0 Å². The number of nitrogens with zero attached hydrogens (tertiary/aromatic N) is 2. The number of hydrogen-bond acceptors (Lipinski definition) is 4. The number of benzene rings is 1. The summed E-state index contributed by atoms with van der Waals surface area (Å²) in [7, 11) is 0. The maximum Gasteiger partial charge on any atom is 0.140 e. The molecule has 0 aromatic heterocycles. The van der Waals surface area contributed by atoms with Gasteiger partial charge in [-0.15, -0.1) is 0 Å². The highest BCUT2D eigenvalue weighted by Crippen LogP contribution is 2.21. The average Bonchev–Trinajstić information content (AvgIpc) is 2.94. The van der Waals surface area contributed by atoms with Crippen molar-refractivity contribution < 1.29 is 9.94 Å². The predicted octanol–water partition coefficient (Wildman–Crippen LogP) is 1.42. The maximum absolute atomic E-state index is 8.60. The Kier molecular flexibility index (Phi) is 4.41. The van der Waals surface area contributed by atoms with Crippen molar-refractivity contribution in [3.63, 3.8) is 0 Å². The lowest BCUT2D eigenvalue weighted by molar-refractivity contribution is 0.193. The highest BCUT2D eigenvalue weighted by molar-refractivity contribution is 5.80. The number of oxime groups is 1. The monoisotopic (exact) mass is 249 g/mol. The highest BCUT2D eigenvalue weighted by atomic mass is 16.5. The first-order valence-corrected chi connectivity index (χ1v) is 6.17. The molecule has 1 saturated heterocycles. The Bertz CT molecular complexity index is 388. The summed E-state index contributed by atoms with van der Waals surface area (Å²) < 4.78 is 5.44. The van der Waals surface area contributed by atoms with Gasteiger partial charge < -0.3 is 20.6 Å². The number of anilines is 1. The SMILES string of the molecule is NC(CCN(c1ccccc1)C1CCOC1)=NO. The lowest BCUT2D eigenvalue weighted by Gasteiger charge is -2.30. The van der Waals surface area contributed by atoms with Crippen molar-refractivity contribution in [2.75, 3.05) is 24.7 Å². The standard InChI is InChI=1S/C13H19N3O2/c14-13(15-17)6-8-16(12-7-9-18-10-12)11-4-2-1-3-5-11/h1-5,12,17H,6-10H2,(H2,14,15). The third-order valence-electron chi connectivity index (χ3n) is 3.17. The minimum Gasteiger partial charge on any atom is -0.409 e. The predicted molar refractivity (Wildman–Crippen MR) is 71.0 cm³/mol. The first-order chi connectivity index (χ1) is 8.81. The van der Waals surface area contributed by atoms with Gasteiger partial charge in [0.1, 0.15) is 5.84 Å². The molecule has 1 aliphatic rings. The lowest BCUT2D eigenvalue weighted by Crippen LogP contribution is -2.38. The van der Waals surface area contributed by atoms with E-state index < -0.39 is 0 Å². The van der Waals surface area contributed by atoms with Gasteiger partial charge in [-0.1, -0.05) is 23.4 Å². The Balaban J connectivity index is 2.07. The second-order valence-corrected chi connectivity index (χ2v) is 4.39. The van der Waals surface area contributed by atoms with Crippen molar-refractivity contribution >= 4 is 11.5 Å². The van der Waals surface area contributed by atoms with Gasteiger partial charge in [-0.05, 0) is 18.6 Å². The molecule has 1 heterocycles. The van der Waals surface area contributed by atoms with Gasteiger partial charge in [0.15, 0.2) is 0 Å². The molecule has 0 radical (unpaired) electrons. The first-order valence-electron chi connectivity index (χ1n) is 6.17. The van der Waals surface area contributed by atoms with Crippen LogP contribution in [-0.2, 0) is 4.74 Å². The maximum atomic E-state index is 8.60. The van der Waals surface area contributed by atoms with E-state index in [4.69, 9.17) is 15.7 Å². The van der Waals surface area contributed by atoms with Gasteiger partial charge in [-0.25, -0.2) is 0 Å². The molecule has 0 saturated carbocycles. The molecule has 3 N–H and O–H groups in total. The zero-order valence-corrected chi connectivity index (χ0v) is 10.3. The zero-order valence-electron chi connectivity index (χ0n) is 10.3. The summed E-state index contributed by atoms with van der Waals surface area (Å²) in [6.45, 7) is 2.27. The van der Waals surface area contributed by atoms with Crippen LogP contribution in [0.15, 0.2) is 35.5 Å². The van der Waals surface area contributed by atoms with Crippen LogP contribution in [0, 0.1) is 0 Å². The quantitative estimate of drug-likeness (QED) is 0.358. The number of amidine groups is 1. The molecule has 1 aromatic carbocycles. The van der Waals surface area contributed by atoms with E-state index in [1.165, 1.54) is 0 Å². The van der Waals surface area contributed by atoms with E-state index in [0.29, 0.717) is 12.5 Å². The molecule has 0 bridgehead atoms. The van der Waals surface area contributed by atoms with Crippen molar-refractivity contribution in [2.24, 2.45) is 10.9 Å². The van der Waals surface area contributed by atoms with Crippen LogP contribution in [-0.4, -0.2) is 36.8 Å². The van der Waals surface area contributed by atoms with Crippen LogP contribution in [0.2, 0.25) is 0 Å². The van der Waals surface area contributed by atoms with Crippen LogP contribution in [0.3, 0.4) is 0 Å². The molecule has 1 unspecified atom stereocenters. The average molecular weight is 249 g/mol. The van der Waals surface area contributed by atoms with Gasteiger partial charge in [0.2, 0.25) is 0 Å². The van der Waals surface area contributed by atoms with Crippen LogP contribution in [0.1, 0.15) is 12.8 Å². The molecular formula is C13H19N3O2. The van der Waals surface area contributed by atoms with Crippen molar-refractivity contribution in [1.29, 1.82) is 0 Å². The second-order valence-electron chi connectivity index (χ2n) is 4.39. The van der Waals surface area contributed by atoms with E-state index in [9.17, 15) is 0 Å². The molecular weight excluding hydrogens is 230 g/mol. The summed E-state index contributed by atoms with van der Waals surface area (Å²) in [5.74, 6) is 0.259. The topological polar surface area (TPSA) is 71.1 Å². The van der Waals surface area contributed by atoms with Crippen molar-refractivity contribution in [3.05, 3.63) is 30.3 Å². The fraction of sp³-hybridized carbons (Fsp3) is 0.462. The third kappa shape index (κ3) is 3.13. The van der Waals surface area contributed by atoms with Crippen LogP contribution in [0.25, 0.3) is 0 Å². The first kappa shape index (κ1) is 12.7. The van der Waals surface area contributed by atoms with Gasteiger partial charge in [0, 0.05) is 25.3 Å². The molecule has 0 amide bonds. The number of para-hydroxylation sites is 1. The Morgan fingerprint density at radius 3 is 2.83 bits per heavy atom. The van der Waals surface area contributed by atoms with Gasteiger partial charge in [-0.2, -0.15) is 0 Å².